The fourth-order valence-corrected chi connectivity index (χ4v) is 4.70. The Kier molecular flexibility index (Phi) is 13.9. The molecule has 5 heteroatoms. The van der Waals surface area contributed by atoms with E-state index in [0.29, 0.717) is 5.92 Å². The number of amides is 1. The van der Waals surface area contributed by atoms with Crippen molar-refractivity contribution in [2.75, 3.05) is 6.54 Å². The first kappa shape index (κ1) is 28.1. The average molecular weight is 459 g/mol. The van der Waals surface area contributed by atoms with E-state index in [-0.39, 0.29) is 12.0 Å². The highest BCUT2D eigenvalue weighted by molar-refractivity contribution is 7.20. The molecule has 2 heterocycles. The smallest absolute Gasteiger partial charge is 0.261 e. The molecule has 0 spiro atoms. The van der Waals surface area contributed by atoms with Crippen molar-refractivity contribution in [3.8, 4) is 12.8 Å². The molecule has 2 aromatic heterocycles. The molecule has 178 valence electrons. The molecule has 2 aromatic rings. The zero-order chi connectivity index (χ0) is 23.9. The lowest BCUT2D eigenvalue weighted by Gasteiger charge is -2.13. The van der Waals surface area contributed by atoms with E-state index in [1.54, 1.807) is 0 Å². The first-order valence-electron chi connectivity index (χ1n) is 12.2. The number of unbranched alkanes of at least 4 members (excludes halogenated alkanes) is 1. The molecule has 0 saturated carbocycles. The number of aromatic nitrogens is 1. The van der Waals surface area contributed by atoms with E-state index in [1.165, 1.54) is 41.9 Å². The van der Waals surface area contributed by atoms with Crippen LogP contribution < -0.4 is 5.32 Å². The van der Waals surface area contributed by atoms with Crippen molar-refractivity contribution in [1.29, 1.82) is 0 Å². The molecule has 2 N–H and O–H groups in total. The Morgan fingerprint density at radius 1 is 1.19 bits per heavy atom. The number of aryl methyl sites for hydroxylation is 2. The number of pyridine rings is 1. The highest BCUT2D eigenvalue weighted by Crippen LogP contribution is 2.29. The van der Waals surface area contributed by atoms with Crippen LogP contribution in [-0.2, 0) is 12.8 Å². The van der Waals surface area contributed by atoms with Crippen molar-refractivity contribution in [1.82, 2.24) is 10.3 Å². The van der Waals surface area contributed by atoms with E-state index < -0.39 is 0 Å². The van der Waals surface area contributed by atoms with Gasteiger partial charge in [-0.3, -0.25) is 4.79 Å². The summed E-state index contributed by atoms with van der Waals surface area (Å²) in [5, 5.41) is 13.4. The normalized spacial score (nSPS) is 14.2. The molecule has 0 aromatic carbocycles. The second kappa shape index (κ2) is 15.8. The highest BCUT2D eigenvalue weighted by atomic mass is 32.1. The zero-order valence-corrected chi connectivity index (χ0v) is 21.3. The number of rotatable bonds is 9. The lowest BCUT2D eigenvalue weighted by atomic mass is 9.96. The molecule has 4 nitrogen and oxygen atoms in total. The summed E-state index contributed by atoms with van der Waals surface area (Å²) >= 11 is 1.51. The van der Waals surface area contributed by atoms with Gasteiger partial charge in [0.05, 0.1) is 11.0 Å². The quantitative estimate of drug-likeness (QED) is 0.331. The topological polar surface area (TPSA) is 62.2 Å². The van der Waals surface area contributed by atoms with E-state index in [0.717, 1.165) is 66.6 Å². The molecular formula is C27H42N2O2S. The predicted molar refractivity (Wildman–Crippen MR) is 138 cm³/mol. The van der Waals surface area contributed by atoms with Crippen LogP contribution >= 0.6 is 11.3 Å². The molecule has 1 aliphatic carbocycles. The minimum absolute atomic E-state index is 0.0411. The third-order valence-corrected chi connectivity index (χ3v) is 6.86. The lowest BCUT2D eigenvalue weighted by Crippen LogP contribution is -2.23. The van der Waals surface area contributed by atoms with Crippen LogP contribution in [0.3, 0.4) is 0 Å². The van der Waals surface area contributed by atoms with Gasteiger partial charge < -0.3 is 10.4 Å². The number of aliphatic hydroxyl groups excluding tert-OH is 1. The van der Waals surface area contributed by atoms with Gasteiger partial charge in [-0.2, -0.15) is 0 Å². The van der Waals surface area contributed by atoms with Crippen LogP contribution in [-0.4, -0.2) is 28.6 Å². The SMILES string of the molecule is C#C.CCCC(O)CC(C)CC.CCCCNC(=O)c1cc2cc3c(nc2s1)CCCC3. The van der Waals surface area contributed by atoms with E-state index in [4.69, 9.17) is 4.98 Å². The summed E-state index contributed by atoms with van der Waals surface area (Å²) in [6, 6.07) is 4.22. The molecule has 0 fully saturated rings. The summed E-state index contributed by atoms with van der Waals surface area (Å²) in [4.78, 5) is 18.6. The Bertz CT molecular complexity index is 785. The summed E-state index contributed by atoms with van der Waals surface area (Å²) in [7, 11) is 0. The van der Waals surface area contributed by atoms with E-state index in [9.17, 15) is 9.90 Å². The monoisotopic (exact) mass is 458 g/mol. The van der Waals surface area contributed by atoms with Crippen LogP contribution in [0.4, 0.5) is 0 Å². The standard InChI is InChI=1S/C16H20N2OS.C9H20O.C2H2/c1-2-3-8-17-15(19)14-10-12-9-11-6-4-5-7-13(11)18-16(12)20-14;1-4-6-9(10)7-8(3)5-2;1-2/h9-10H,2-8H2,1H3,(H,17,19);8-10H,4-7H2,1-3H3;1-2H. The van der Waals surface area contributed by atoms with Crippen molar-refractivity contribution in [2.45, 2.75) is 98.0 Å². The molecule has 32 heavy (non-hydrogen) atoms. The third-order valence-electron chi connectivity index (χ3n) is 5.82. The molecule has 3 rings (SSSR count). The largest absolute Gasteiger partial charge is 0.393 e. The van der Waals surface area contributed by atoms with Crippen molar-refractivity contribution in [2.24, 2.45) is 5.92 Å². The van der Waals surface area contributed by atoms with Crippen LogP contribution in [0.1, 0.15) is 100.0 Å². The maximum atomic E-state index is 12.1. The summed E-state index contributed by atoms with van der Waals surface area (Å²) < 4.78 is 0. The van der Waals surface area contributed by atoms with Gasteiger partial charge in [0, 0.05) is 17.6 Å². The van der Waals surface area contributed by atoms with Crippen molar-refractivity contribution in [3.63, 3.8) is 0 Å². The van der Waals surface area contributed by atoms with Gasteiger partial charge in [0.15, 0.2) is 0 Å². The Labute approximate surface area is 199 Å². The number of carbonyl (C=O) groups excluding carboxylic acids is 1. The number of aliphatic hydroxyl groups is 1. The molecule has 0 radical (unpaired) electrons. The van der Waals surface area contributed by atoms with Gasteiger partial charge in [-0.25, -0.2) is 4.98 Å². The number of terminal acetylenes is 1. The summed E-state index contributed by atoms with van der Waals surface area (Å²) in [5.41, 5.74) is 2.61. The van der Waals surface area contributed by atoms with E-state index in [1.807, 2.05) is 6.07 Å². The molecule has 2 unspecified atom stereocenters. The lowest BCUT2D eigenvalue weighted by molar-refractivity contribution is 0.0957. The van der Waals surface area contributed by atoms with Crippen LogP contribution in [0.2, 0.25) is 0 Å². The first-order valence-corrected chi connectivity index (χ1v) is 13.0. The Morgan fingerprint density at radius 2 is 1.91 bits per heavy atom. The predicted octanol–water partition coefficient (Wildman–Crippen LogP) is 6.54. The van der Waals surface area contributed by atoms with Crippen molar-refractivity contribution >= 4 is 27.5 Å². The number of nitrogens with one attached hydrogen (secondary N) is 1. The Morgan fingerprint density at radius 3 is 2.56 bits per heavy atom. The summed E-state index contributed by atoms with van der Waals surface area (Å²) in [5.74, 6) is 0.723. The minimum Gasteiger partial charge on any atom is -0.393 e. The van der Waals surface area contributed by atoms with Crippen LogP contribution in [0.5, 0.6) is 0 Å². The Balaban J connectivity index is 0.000000364. The van der Waals surface area contributed by atoms with E-state index >= 15 is 0 Å². The van der Waals surface area contributed by atoms with Crippen molar-refractivity contribution < 1.29 is 9.90 Å². The average Bonchev–Trinajstić information content (AvgIpc) is 3.22. The fraction of sp³-hybridized carbons (Fsp3) is 0.630. The van der Waals surface area contributed by atoms with Crippen LogP contribution in [0.15, 0.2) is 12.1 Å². The maximum absolute atomic E-state index is 12.1. The molecule has 1 aliphatic rings. The second-order valence-corrected chi connectivity index (χ2v) is 9.64. The van der Waals surface area contributed by atoms with Gasteiger partial charge in [-0.1, -0.05) is 47.0 Å². The maximum Gasteiger partial charge on any atom is 0.261 e. The Hall–Kier alpha value is -1.90. The van der Waals surface area contributed by atoms with Gasteiger partial charge >= 0.3 is 0 Å². The molecular weight excluding hydrogens is 416 g/mol. The molecule has 0 aliphatic heterocycles. The number of hydrogen-bond acceptors (Lipinski definition) is 4. The molecule has 0 saturated heterocycles. The van der Waals surface area contributed by atoms with Gasteiger partial charge in [0.2, 0.25) is 0 Å². The molecule has 2 atom stereocenters. The van der Waals surface area contributed by atoms with Gasteiger partial charge in [-0.05, 0) is 68.6 Å². The summed E-state index contributed by atoms with van der Waals surface area (Å²) in [6.45, 7) is 9.36. The number of nitrogens with zero attached hydrogens (tertiary/aromatic N) is 1. The van der Waals surface area contributed by atoms with Gasteiger partial charge in [0.25, 0.3) is 5.91 Å². The van der Waals surface area contributed by atoms with Gasteiger partial charge in [-0.15, -0.1) is 24.2 Å². The van der Waals surface area contributed by atoms with Crippen LogP contribution in [0, 0.1) is 18.8 Å². The van der Waals surface area contributed by atoms with Crippen molar-refractivity contribution in [3.05, 3.63) is 28.3 Å². The number of fused-ring (bicyclic) bond motifs is 2. The molecule has 0 bridgehead atoms. The van der Waals surface area contributed by atoms with Gasteiger partial charge in [0.1, 0.15) is 4.83 Å². The first-order chi connectivity index (χ1) is 15.5. The third kappa shape index (κ3) is 9.30. The zero-order valence-electron chi connectivity index (χ0n) is 20.5. The summed E-state index contributed by atoms with van der Waals surface area (Å²) in [6.07, 6.45) is 19.0. The van der Waals surface area contributed by atoms with E-state index in [2.05, 4.69) is 51.9 Å². The number of carbonyl (C=O) groups is 1. The number of thiophene rings is 1. The van der Waals surface area contributed by atoms with Crippen LogP contribution in [0.25, 0.3) is 10.2 Å². The number of hydrogen-bond donors (Lipinski definition) is 2. The fourth-order valence-electron chi connectivity index (χ4n) is 3.75. The molecule has 1 amide bonds. The highest BCUT2D eigenvalue weighted by Gasteiger charge is 2.15. The second-order valence-electron chi connectivity index (χ2n) is 8.61. The minimum atomic E-state index is -0.0556.